The first-order chi connectivity index (χ1) is 10.0. The highest BCUT2D eigenvalue weighted by Crippen LogP contribution is 2.27. The van der Waals surface area contributed by atoms with E-state index in [1.165, 1.54) is 0 Å². The third-order valence-electron chi connectivity index (χ3n) is 2.99. The molecule has 1 aromatic rings. The summed E-state index contributed by atoms with van der Waals surface area (Å²) in [6.45, 7) is 5.63. The molecule has 0 radical (unpaired) electrons. The smallest absolute Gasteiger partial charge is 0.313 e. The largest absolute Gasteiger partial charge is 0.423 e. The monoisotopic (exact) mass is 292 g/mol. The second-order valence-corrected chi connectivity index (χ2v) is 5.31. The predicted octanol–water partition coefficient (Wildman–Crippen LogP) is 4.12. The van der Waals surface area contributed by atoms with Crippen LogP contribution in [0.1, 0.15) is 52.9 Å². The fourth-order valence-electron chi connectivity index (χ4n) is 1.71. The van der Waals surface area contributed by atoms with Crippen molar-refractivity contribution in [2.24, 2.45) is 5.92 Å². The van der Waals surface area contributed by atoms with Crippen LogP contribution in [0.5, 0.6) is 11.5 Å². The molecule has 1 rings (SSSR count). The van der Waals surface area contributed by atoms with Crippen molar-refractivity contribution in [3.63, 3.8) is 0 Å². The molecule has 1 aromatic carbocycles. The number of unbranched alkanes of at least 4 members (excludes halogenated alkanes) is 3. The van der Waals surface area contributed by atoms with Crippen molar-refractivity contribution in [2.45, 2.75) is 52.9 Å². The van der Waals surface area contributed by atoms with Gasteiger partial charge in [0.15, 0.2) is 11.5 Å². The number of carbonyl (C=O) groups excluding carboxylic acids is 2. The molecule has 0 N–H and O–H groups in total. The lowest BCUT2D eigenvalue weighted by Crippen LogP contribution is -2.16. The molecule has 4 nitrogen and oxygen atoms in total. The molecule has 0 unspecified atom stereocenters. The maximum atomic E-state index is 11.8. The number of hydrogen-bond donors (Lipinski definition) is 0. The van der Waals surface area contributed by atoms with E-state index in [1.54, 1.807) is 38.1 Å². The van der Waals surface area contributed by atoms with Crippen molar-refractivity contribution < 1.29 is 19.1 Å². The minimum atomic E-state index is -0.346. The van der Waals surface area contributed by atoms with Crippen LogP contribution in [-0.2, 0) is 9.59 Å². The first-order valence-corrected chi connectivity index (χ1v) is 7.56. The lowest BCUT2D eigenvalue weighted by molar-refractivity contribution is -0.139. The summed E-state index contributed by atoms with van der Waals surface area (Å²) in [6.07, 6.45) is 4.47. The maximum Gasteiger partial charge on any atom is 0.313 e. The first kappa shape index (κ1) is 17.2. The van der Waals surface area contributed by atoms with Gasteiger partial charge in [0.05, 0.1) is 5.92 Å². The molecule has 0 spiro atoms. The molecule has 0 aliphatic heterocycles. The normalized spacial score (nSPS) is 10.5. The lowest BCUT2D eigenvalue weighted by Gasteiger charge is -2.11. The van der Waals surface area contributed by atoms with Gasteiger partial charge in [-0.25, -0.2) is 0 Å². The number of hydrogen-bond acceptors (Lipinski definition) is 4. The van der Waals surface area contributed by atoms with Crippen LogP contribution in [0.15, 0.2) is 24.3 Å². The summed E-state index contributed by atoms with van der Waals surface area (Å²) in [5.41, 5.74) is 0. The van der Waals surface area contributed by atoms with Crippen LogP contribution < -0.4 is 9.47 Å². The Labute approximate surface area is 126 Å². The molecular formula is C17H24O4. The fraction of sp³-hybridized carbons (Fsp3) is 0.529. The zero-order chi connectivity index (χ0) is 15.7. The Morgan fingerprint density at radius 2 is 1.62 bits per heavy atom. The number of rotatable bonds is 8. The average Bonchev–Trinajstić information content (AvgIpc) is 2.45. The van der Waals surface area contributed by atoms with Crippen LogP contribution in [0, 0.1) is 5.92 Å². The van der Waals surface area contributed by atoms with Gasteiger partial charge in [-0.15, -0.1) is 0 Å². The van der Waals surface area contributed by atoms with Crippen molar-refractivity contribution in [1.29, 1.82) is 0 Å². The van der Waals surface area contributed by atoms with E-state index in [-0.39, 0.29) is 23.6 Å². The van der Waals surface area contributed by atoms with Gasteiger partial charge in [0.1, 0.15) is 0 Å². The van der Waals surface area contributed by atoms with E-state index in [0.29, 0.717) is 12.2 Å². The zero-order valence-corrected chi connectivity index (χ0v) is 13.1. The van der Waals surface area contributed by atoms with Crippen molar-refractivity contribution in [1.82, 2.24) is 0 Å². The van der Waals surface area contributed by atoms with Crippen molar-refractivity contribution >= 4 is 11.9 Å². The van der Waals surface area contributed by atoms with Crippen molar-refractivity contribution in [3.8, 4) is 11.5 Å². The van der Waals surface area contributed by atoms with Crippen LogP contribution in [0.4, 0.5) is 0 Å². The molecule has 116 valence electrons. The van der Waals surface area contributed by atoms with Crippen LogP contribution in [0.2, 0.25) is 0 Å². The molecule has 0 saturated carbocycles. The van der Waals surface area contributed by atoms with Crippen LogP contribution >= 0.6 is 0 Å². The van der Waals surface area contributed by atoms with Crippen LogP contribution in [-0.4, -0.2) is 11.9 Å². The average molecular weight is 292 g/mol. The Bertz CT molecular complexity index is 466. The second-order valence-electron chi connectivity index (χ2n) is 5.31. The molecule has 0 heterocycles. The highest BCUT2D eigenvalue weighted by molar-refractivity contribution is 5.77. The summed E-state index contributed by atoms with van der Waals surface area (Å²) in [5, 5.41) is 0. The standard InChI is InChI=1S/C17H24O4/c1-4-5-6-7-12-16(18)20-14-10-8-9-11-15(14)21-17(19)13(2)3/h8-11,13H,4-7,12H2,1-3H3. The van der Waals surface area contributed by atoms with E-state index >= 15 is 0 Å². The quantitative estimate of drug-likeness (QED) is 0.411. The summed E-state index contributed by atoms with van der Waals surface area (Å²) < 4.78 is 10.5. The van der Waals surface area contributed by atoms with E-state index in [9.17, 15) is 9.59 Å². The predicted molar refractivity (Wildman–Crippen MR) is 81.3 cm³/mol. The van der Waals surface area contributed by atoms with Gasteiger partial charge in [0.2, 0.25) is 0 Å². The summed E-state index contributed by atoms with van der Waals surface area (Å²) in [4.78, 5) is 23.4. The summed E-state index contributed by atoms with van der Waals surface area (Å²) in [5.74, 6) is -0.284. The molecule has 21 heavy (non-hydrogen) atoms. The number of carbonyl (C=O) groups is 2. The van der Waals surface area contributed by atoms with Gasteiger partial charge in [0, 0.05) is 6.42 Å². The summed E-state index contributed by atoms with van der Waals surface area (Å²) in [7, 11) is 0. The summed E-state index contributed by atoms with van der Waals surface area (Å²) in [6, 6.07) is 6.74. The van der Waals surface area contributed by atoms with E-state index < -0.39 is 0 Å². The minimum Gasteiger partial charge on any atom is -0.423 e. The van der Waals surface area contributed by atoms with Crippen LogP contribution in [0.3, 0.4) is 0 Å². The Morgan fingerprint density at radius 3 is 2.19 bits per heavy atom. The van der Waals surface area contributed by atoms with E-state index in [2.05, 4.69) is 6.92 Å². The van der Waals surface area contributed by atoms with Gasteiger partial charge >= 0.3 is 11.9 Å². The maximum absolute atomic E-state index is 11.8. The number of esters is 2. The highest BCUT2D eigenvalue weighted by Gasteiger charge is 2.15. The van der Waals surface area contributed by atoms with Gasteiger partial charge in [-0.2, -0.15) is 0 Å². The van der Waals surface area contributed by atoms with Gasteiger partial charge in [0.25, 0.3) is 0 Å². The SMILES string of the molecule is CCCCCCC(=O)Oc1ccccc1OC(=O)C(C)C. The number of para-hydroxylation sites is 2. The third-order valence-corrected chi connectivity index (χ3v) is 2.99. The van der Waals surface area contributed by atoms with Gasteiger partial charge in [-0.05, 0) is 18.6 Å². The Kier molecular flexibility index (Phi) is 7.51. The second kappa shape index (κ2) is 9.16. The Balaban J connectivity index is 2.58. The topological polar surface area (TPSA) is 52.6 Å². The minimum absolute atomic E-state index is 0.234. The summed E-state index contributed by atoms with van der Waals surface area (Å²) >= 11 is 0. The molecule has 0 aromatic heterocycles. The van der Waals surface area contributed by atoms with Crippen molar-refractivity contribution in [2.75, 3.05) is 0 Å². The van der Waals surface area contributed by atoms with Gasteiger partial charge in [-0.3, -0.25) is 9.59 Å². The van der Waals surface area contributed by atoms with E-state index in [1.807, 2.05) is 0 Å². The molecule has 0 atom stereocenters. The third kappa shape index (κ3) is 6.43. The fourth-order valence-corrected chi connectivity index (χ4v) is 1.71. The zero-order valence-electron chi connectivity index (χ0n) is 13.1. The number of benzene rings is 1. The Morgan fingerprint density at radius 1 is 1.00 bits per heavy atom. The molecule has 0 aliphatic carbocycles. The molecule has 0 amide bonds. The molecule has 0 bridgehead atoms. The van der Waals surface area contributed by atoms with Crippen molar-refractivity contribution in [3.05, 3.63) is 24.3 Å². The van der Waals surface area contributed by atoms with E-state index in [4.69, 9.17) is 9.47 Å². The first-order valence-electron chi connectivity index (χ1n) is 7.56. The van der Waals surface area contributed by atoms with Gasteiger partial charge < -0.3 is 9.47 Å². The molecule has 0 fully saturated rings. The lowest BCUT2D eigenvalue weighted by atomic mass is 10.1. The molecule has 4 heteroatoms. The Hall–Kier alpha value is -1.84. The molecule has 0 saturated heterocycles. The molecule has 0 aliphatic rings. The number of ether oxygens (including phenoxy) is 2. The molecular weight excluding hydrogens is 268 g/mol. The highest BCUT2D eigenvalue weighted by atomic mass is 16.6. The van der Waals surface area contributed by atoms with Crippen LogP contribution in [0.25, 0.3) is 0 Å². The van der Waals surface area contributed by atoms with E-state index in [0.717, 1.165) is 25.7 Å². The van der Waals surface area contributed by atoms with Gasteiger partial charge in [-0.1, -0.05) is 52.2 Å².